The van der Waals surface area contributed by atoms with E-state index in [0.717, 1.165) is 18.4 Å². The lowest BCUT2D eigenvalue weighted by Crippen LogP contribution is -2.61. The topological polar surface area (TPSA) is 147 Å². The molecule has 0 radical (unpaired) electrons. The smallest absolute Gasteiger partial charge is 0.338 e. The van der Waals surface area contributed by atoms with Crippen molar-refractivity contribution in [3.8, 4) is 0 Å². The molecule has 0 bridgehead atoms. The maximum absolute atomic E-state index is 14.5. The number of hydrogen-bond acceptors (Lipinski definition) is 9. The van der Waals surface area contributed by atoms with E-state index < -0.39 is 34.4 Å². The number of esters is 1. The van der Waals surface area contributed by atoms with Gasteiger partial charge in [0.2, 0.25) is 5.91 Å². The highest BCUT2D eigenvalue weighted by Gasteiger charge is 2.64. The number of hydrogen-bond donors (Lipinski definition) is 3. The normalized spacial score (nSPS) is 24.4. The maximum Gasteiger partial charge on any atom is 0.338 e. The summed E-state index contributed by atoms with van der Waals surface area (Å²) < 4.78 is 4.73. The third kappa shape index (κ3) is 5.89. The van der Waals surface area contributed by atoms with Gasteiger partial charge in [0.1, 0.15) is 15.8 Å². The second kappa shape index (κ2) is 12.5. The number of nitrogens with zero attached hydrogens (tertiary/aromatic N) is 3. The minimum atomic E-state index is -1.19. The zero-order valence-corrected chi connectivity index (χ0v) is 26.4. The molecule has 1 spiro atoms. The highest BCUT2D eigenvalue weighted by molar-refractivity contribution is 6.32. The van der Waals surface area contributed by atoms with Crippen molar-refractivity contribution >= 4 is 58.1 Å². The molecule has 14 heteroatoms. The van der Waals surface area contributed by atoms with Gasteiger partial charge in [-0.05, 0) is 60.2 Å². The predicted molar refractivity (Wildman–Crippen MR) is 169 cm³/mol. The van der Waals surface area contributed by atoms with Crippen molar-refractivity contribution in [2.45, 2.75) is 49.3 Å². The van der Waals surface area contributed by atoms with Crippen molar-refractivity contribution in [2.75, 3.05) is 25.6 Å². The van der Waals surface area contributed by atoms with Crippen LogP contribution in [0.15, 0.2) is 48.5 Å². The highest BCUT2D eigenvalue weighted by Crippen LogP contribution is 2.52. The zero-order valence-electron chi connectivity index (χ0n) is 24.1. The molecule has 1 aromatic heterocycles. The third-order valence-electron chi connectivity index (χ3n) is 9.09. The number of likely N-dealkylation sites (tertiary alicyclic amines) is 1. The van der Waals surface area contributed by atoms with Crippen LogP contribution in [-0.2, 0) is 22.5 Å². The number of aliphatic hydroxyl groups excluding tert-OH is 1. The molecule has 1 saturated heterocycles. The van der Waals surface area contributed by atoms with Crippen molar-refractivity contribution in [3.63, 3.8) is 0 Å². The van der Waals surface area contributed by atoms with Crippen LogP contribution in [0.3, 0.4) is 0 Å². The molecule has 3 heterocycles. The molecule has 4 atom stereocenters. The van der Waals surface area contributed by atoms with Gasteiger partial charge in [-0.15, -0.1) is 0 Å². The Hall–Kier alpha value is -3.32. The molecule has 6 rings (SSSR count). The minimum Gasteiger partial charge on any atom is -0.465 e. The van der Waals surface area contributed by atoms with Gasteiger partial charge in [-0.1, -0.05) is 46.9 Å². The molecule has 0 unspecified atom stereocenters. The summed E-state index contributed by atoms with van der Waals surface area (Å²) in [5.74, 6) is -1.22. The van der Waals surface area contributed by atoms with Crippen molar-refractivity contribution in [3.05, 3.63) is 96.2 Å². The van der Waals surface area contributed by atoms with E-state index in [1.807, 2.05) is 6.07 Å². The number of nitro benzene ring substituents is 1. The number of rotatable bonds is 9. The van der Waals surface area contributed by atoms with Gasteiger partial charge >= 0.3 is 5.97 Å². The lowest BCUT2D eigenvalue weighted by molar-refractivity contribution is -0.385. The molecule has 2 aliphatic heterocycles. The van der Waals surface area contributed by atoms with Crippen LogP contribution in [0.5, 0.6) is 0 Å². The first-order chi connectivity index (χ1) is 21.5. The van der Waals surface area contributed by atoms with Gasteiger partial charge in [0.25, 0.3) is 5.69 Å². The van der Waals surface area contributed by atoms with Gasteiger partial charge < -0.3 is 20.5 Å². The van der Waals surface area contributed by atoms with E-state index in [-0.39, 0.29) is 40.6 Å². The average molecular weight is 675 g/mol. The quantitative estimate of drug-likeness (QED) is 0.124. The number of nitro groups is 1. The van der Waals surface area contributed by atoms with Crippen LogP contribution in [-0.4, -0.2) is 69.7 Å². The number of aromatic nitrogens is 1. The van der Waals surface area contributed by atoms with Crippen molar-refractivity contribution < 1.29 is 24.4 Å². The minimum absolute atomic E-state index is 0.00312. The molecular weight excluding hydrogens is 645 g/mol. The molecule has 1 amide bonds. The number of carbonyl (C=O) groups is 2. The number of methoxy groups -OCH3 is 1. The third-order valence-corrected chi connectivity index (χ3v) is 9.71. The number of benzene rings is 2. The number of halogens is 3. The number of anilines is 1. The Labute approximate surface area is 274 Å². The lowest BCUT2D eigenvalue weighted by Gasteiger charge is -2.45. The highest BCUT2D eigenvalue weighted by atomic mass is 35.5. The summed E-state index contributed by atoms with van der Waals surface area (Å²) in [6, 6.07) is 11.7. The van der Waals surface area contributed by atoms with Gasteiger partial charge in [0.15, 0.2) is 0 Å². The first-order valence-electron chi connectivity index (χ1n) is 14.4. The Balaban J connectivity index is 1.48. The zero-order chi connectivity index (χ0) is 32.0. The van der Waals surface area contributed by atoms with E-state index in [1.165, 1.54) is 25.3 Å². The fourth-order valence-corrected chi connectivity index (χ4v) is 7.59. The monoisotopic (exact) mass is 673 g/mol. The molecule has 45 heavy (non-hydrogen) atoms. The van der Waals surface area contributed by atoms with E-state index in [2.05, 4.69) is 20.5 Å². The van der Waals surface area contributed by atoms with Gasteiger partial charge in [0, 0.05) is 59.9 Å². The predicted octanol–water partition coefficient (Wildman–Crippen LogP) is 5.00. The molecule has 2 aromatic carbocycles. The van der Waals surface area contributed by atoms with Crippen LogP contribution in [0, 0.1) is 16.0 Å². The molecule has 1 aliphatic carbocycles. The first kappa shape index (κ1) is 31.7. The Bertz CT molecular complexity index is 1670. The number of amides is 1. The molecule has 11 nitrogen and oxygen atoms in total. The van der Waals surface area contributed by atoms with Crippen LogP contribution >= 0.6 is 34.8 Å². The summed E-state index contributed by atoms with van der Waals surface area (Å²) >= 11 is 19.1. The maximum atomic E-state index is 14.5. The summed E-state index contributed by atoms with van der Waals surface area (Å²) in [6.45, 7) is 0.277. The number of fused-ring (bicyclic) bond motifs is 1. The van der Waals surface area contributed by atoms with Crippen LogP contribution in [0.25, 0.3) is 0 Å². The molecule has 236 valence electrons. The summed E-state index contributed by atoms with van der Waals surface area (Å²) in [7, 11) is 1.20. The van der Waals surface area contributed by atoms with Crippen LogP contribution in [0.2, 0.25) is 15.3 Å². The largest absolute Gasteiger partial charge is 0.465 e. The van der Waals surface area contributed by atoms with E-state index in [1.54, 1.807) is 24.3 Å². The number of aliphatic hydroxyl groups is 1. The molecular formula is C31H30Cl3N5O6. The first-order valence-corrected chi connectivity index (χ1v) is 15.6. The standard InChI is InChI=1S/C31H30Cl3N5O6/c1-45-29(41)17-4-5-19(23(8-17)39(43)44)13-35-28-24(15-40)38(14-16-2-3-16)31(27(28)20-9-25(33)37-26(34)10-20)12-18-6-7-21(32)11-22(18)36-30(31)42/h4-11,16,24,27-28,35,40H,2-3,12-15H2,1H3,(H,36,42)/t24-,27-,28+,31+/m0/s1. The molecule has 3 aliphatic rings. The van der Waals surface area contributed by atoms with Gasteiger partial charge in [-0.25, -0.2) is 9.78 Å². The molecule has 3 aromatic rings. The summed E-state index contributed by atoms with van der Waals surface area (Å²) in [5, 5.41) is 30.3. The van der Waals surface area contributed by atoms with Crippen LogP contribution in [0.1, 0.15) is 45.8 Å². The van der Waals surface area contributed by atoms with E-state index in [4.69, 9.17) is 39.5 Å². The molecule has 3 N–H and O–H groups in total. The van der Waals surface area contributed by atoms with Gasteiger partial charge in [-0.2, -0.15) is 0 Å². The summed E-state index contributed by atoms with van der Waals surface area (Å²) in [5.41, 5.74) is 1.04. The Morgan fingerprint density at radius 2 is 1.91 bits per heavy atom. The van der Waals surface area contributed by atoms with E-state index in [0.29, 0.717) is 40.7 Å². The second-order valence-corrected chi connectivity index (χ2v) is 12.9. The number of nitrogens with one attached hydrogen (secondary N) is 2. The van der Waals surface area contributed by atoms with Gasteiger partial charge in [-0.3, -0.25) is 19.8 Å². The van der Waals surface area contributed by atoms with Crippen LogP contribution in [0.4, 0.5) is 11.4 Å². The number of ether oxygens (including phenoxy) is 1. The number of carbonyl (C=O) groups excluding carboxylic acids is 2. The fourth-order valence-electron chi connectivity index (χ4n) is 6.94. The average Bonchev–Trinajstić information content (AvgIpc) is 3.78. The second-order valence-electron chi connectivity index (χ2n) is 11.7. The van der Waals surface area contributed by atoms with Gasteiger partial charge in [0.05, 0.1) is 24.2 Å². The summed E-state index contributed by atoms with van der Waals surface area (Å²) in [4.78, 5) is 44.3. The Morgan fingerprint density at radius 1 is 1.18 bits per heavy atom. The molecule has 1 saturated carbocycles. The van der Waals surface area contributed by atoms with Crippen LogP contribution < -0.4 is 10.6 Å². The SMILES string of the molecule is COC(=O)c1ccc(CN[C@@H]2[C@H](CO)N(CC3CC3)[C@]3(Cc4ccc(Cl)cc4NC3=O)[C@H]2c2cc(Cl)nc(Cl)c2)c([N+](=O)[O-])c1. The van der Waals surface area contributed by atoms with E-state index in [9.17, 15) is 24.8 Å². The lowest BCUT2D eigenvalue weighted by atomic mass is 9.71. The van der Waals surface area contributed by atoms with Crippen molar-refractivity contribution in [1.82, 2.24) is 15.2 Å². The Morgan fingerprint density at radius 3 is 2.56 bits per heavy atom. The fraction of sp³-hybridized carbons (Fsp3) is 0.387. The van der Waals surface area contributed by atoms with Crippen molar-refractivity contribution in [1.29, 1.82) is 0 Å². The summed E-state index contributed by atoms with van der Waals surface area (Å²) in [6.07, 6.45) is 2.32. The van der Waals surface area contributed by atoms with E-state index >= 15 is 0 Å². The Kier molecular flexibility index (Phi) is 8.77. The molecule has 2 fully saturated rings. The van der Waals surface area contributed by atoms with Crippen molar-refractivity contribution in [2.24, 2.45) is 5.92 Å². The number of pyridine rings is 1.